The molecule has 2 aliphatic carbocycles. The summed E-state index contributed by atoms with van der Waals surface area (Å²) in [6.07, 6.45) is 9.63. The van der Waals surface area contributed by atoms with Crippen LogP contribution in [0, 0.1) is 11.8 Å². The topological polar surface area (TPSA) is 21.3 Å². The van der Waals surface area contributed by atoms with Gasteiger partial charge in [0.05, 0.1) is 17.3 Å². The summed E-state index contributed by atoms with van der Waals surface area (Å²) in [5, 5.41) is 4.41. The lowest BCUT2D eigenvalue weighted by Gasteiger charge is -2.40. The zero-order valence-corrected chi connectivity index (χ0v) is 14.8. The predicted molar refractivity (Wildman–Crippen MR) is 92.4 cm³/mol. The molecule has 2 saturated carbocycles. The molecule has 21 heavy (non-hydrogen) atoms. The van der Waals surface area contributed by atoms with Crippen LogP contribution < -0.4 is 10.1 Å². The molecular formula is C17H23BrClNO. The Bertz CT molecular complexity index is 508. The third-order valence-electron chi connectivity index (χ3n) is 5.11. The van der Waals surface area contributed by atoms with E-state index in [9.17, 15) is 0 Å². The lowest BCUT2D eigenvalue weighted by atomic mass is 9.69. The number of rotatable bonds is 3. The van der Waals surface area contributed by atoms with Gasteiger partial charge in [-0.2, -0.15) is 0 Å². The summed E-state index contributed by atoms with van der Waals surface area (Å²) >= 11 is 9.71. The molecule has 116 valence electrons. The highest BCUT2D eigenvalue weighted by atomic mass is 79.9. The van der Waals surface area contributed by atoms with Crippen molar-refractivity contribution in [2.75, 3.05) is 12.4 Å². The van der Waals surface area contributed by atoms with Crippen molar-refractivity contribution < 1.29 is 4.74 Å². The molecule has 2 fully saturated rings. The summed E-state index contributed by atoms with van der Waals surface area (Å²) < 4.78 is 6.42. The van der Waals surface area contributed by atoms with Crippen molar-refractivity contribution in [2.45, 2.75) is 51.0 Å². The van der Waals surface area contributed by atoms with Crippen LogP contribution in [0.2, 0.25) is 5.02 Å². The van der Waals surface area contributed by atoms with E-state index in [2.05, 4.69) is 21.2 Å². The van der Waals surface area contributed by atoms with Gasteiger partial charge in [-0.1, -0.05) is 37.3 Å². The molecule has 2 aliphatic rings. The molecule has 0 bridgehead atoms. The molecule has 1 N–H and O–H groups in total. The molecule has 4 heteroatoms. The lowest BCUT2D eigenvalue weighted by Crippen LogP contribution is -2.34. The summed E-state index contributed by atoms with van der Waals surface area (Å²) in [5.74, 6) is 2.74. The molecule has 0 amide bonds. The normalized spacial score (nSPS) is 28.8. The third kappa shape index (κ3) is 3.50. The first-order valence-electron chi connectivity index (χ1n) is 7.97. The average molecular weight is 373 g/mol. The first-order chi connectivity index (χ1) is 10.2. The Morgan fingerprint density at radius 1 is 1.14 bits per heavy atom. The molecule has 3 rings (SSSR count). The molecule has 0 heterocycles. The predicted octanol–water partition coefficient (Wildman–Crippen LogP) is 5.88. The molecule has 2 nitrogen and oxygen atoms in total. The van der Waals surface area contributed by atoms with E-state index in [0.29, 0.717) is 6.04 Å². The van der Waals surface area contributed by atoms with Crippen LogP contribution in [0.25, 0.3) is 0 Å². The maximum Gasteiger partial charge on any atom is 0.156 e. The highest BCUT2D eigenvalue weighted by Gasteiger charge is 2.32. The average Bonchev–Trinajstić information content (AvgIpc) is 2.47. The van der Waals surface area contributed by atoms with Gasteiger partial charge in [0.25, 0.3) is 0 Å². The Labute approximate surface area is 140 Å². The molecule has 1 aromatic carbocycles. The molecular weight excluding hydrogens is 350 g/mol. The van der Waals surface area contributed by atoms with Crippen molar-refractivity contribution >= 4 is 33.2 Å². The maximum absolute atomic E-state index is 6.18. The fourth-order valence-corrected chi connectivity index (χ4v) is 5.07. The van der Waals surface area contributed by atoms with Gasteiger partial charge in [-0.3, -0.25) is 0 Å². The van der Waals surface area contributed by atoms with Gasteiger partial charge in [0.1, 0.15) is 0 Å². The van der Waals surface area contributed by atoms with Crippen LogP contribution in [0.1, 0.15) is 44.9 Å². The van der Waals surface area contributed by atoms with Crippen LogP contribution in [0.15, 0.2) is 16.6 Å². The molecule has 0 aliphatic heterocycles. The largest absolute Gasteiger partial charge is 0.493 e. The Morgan fingerprint density at radius 2 is 1.90 bits per heavy atom. The van der Waals surface area contributed by atoms with Gasteiger partial charge in [-0.05, 0) is 59.2 Å². The number of fused-ring (bicyclic) bond motifs is 1. The molecule has 0 saturated heterocycles. The number of halogens is 2. The Balaban J connectivity index is 1.72. The van der Waals surface area contributed by atoms with Gasteiger partial charge < -0.3 is 10.1 Å². The lowest BCUT2D eigenvalue weighted by molar-refractivity contribution is 0.162. The molecule has 0 aromatic heterocycles. The number of hydrogen-bond acceptors (Lipinski definition) is 2. The van der Waals surface area contributed by atoms with Crippen LogP contribution >= 0.6 is 27.5 Å². The van der Waals surface area contributed by atoms with E-state index in [1.54, 1.807) is 7.11 Å². The molecule has 1 aromatic rings. The molecule has 0 radical (unpaired) electrons. The van der Waals surface area contributed by atoms with E-state index in [1.807, 2.05) is 12.1 Å². The summed E-state index contributed by atoms with van der Waals surface area (Å²) in [5.41, 5.74) is 1.01. The second-order valence-corrected chi connectivity index (χ2v) is 7.72. The number of ether oxygens (including phenoxy) is 1. The summed E-state index contributed by atoms with van der Waals surface area (Å²) in [4.78, 5) is 0. The summed E-state index contributed by atoms with van der Waals surface area (Å²) in [6, 6.07) is 4.39. The van der Waals surface area contributed by atoms with Gasteiger partial charge in [0, 0.05) is 11.1 Å². The van der Waals surface area contributed by atoms with Crippen LogP contribution in [0.3, 0.4) is 0 Å². The molecule has 3 unspecified atom stereocenters. The number of anilines is 1. The van der Waals surface area contributed by atoms with Crippen molar-refractivity contribution in [1.29, 1.82) is 0 Å². The Morgan fingerprint density at radius 3 is 2.67 bits per heavy atom. The minimum absolute atomic E-state index is 0.545. The van der Waals surface area contributed by atoms with Crippen molar-refractivity contribution in [1.82, 2.24) is 0 Å². The van der Waals surface area contributed by atoms with Crippen LogP contribution in [-0.2, 0) is 0 Å². The van der Waals surface area contributed by atoms with E-state index in [-0.39, 0.29) is 0 Å². The number of nitrogens with one attached hydrogen (secondary N) is 1. The second kappa shape index (κ2) is 6.78. The molecule has 3 atom stereocenters. The van der Waals surface area contributed by atoms with Crippen LogP contribution in [0.4, 0.5) is 5.69 Å². The van der Waals surface area contributed by atoms with Crippen molar-refractivity contribution in [3.8, 4) is 5.75 Å². The highest BCUT2D eigenvalue weighted by Crippen LogP contribution is 2.43. The van der Waals surface area contributed by atoms with E-state index < -0.39 is 0 Å². The van der Waals surface area contributed by atoms with Gasteiger partial charge in [0.15, 0.2) is 5.75 Å². The van der Waals surface area contributed by atoms with Gasteiger partial charge >= 0.3 is 0 Å². The highest BCUT2D eigenvalue weighted by molar-refractivity contribution is 9.10. The first kappa shape index (κ1) is 15.5. The number of methoxy groups -OCH3 is 1. The number of hydrogen-bond donors (Lipinski definition) is 1. The first-order valence-corrected chi connectivity index (χ1v) is 9.14. The van der Waals surface area contributed by atoms with Crippen molar-refractivity contribution in [3.63, 3.8) is 0 Å². The van der Waals surface area contributed by atoms with Crippen LogP contribution in [0.5, 0.6) is 5.75 Å². The SMILES string of the molecule is COc1c(Br)cc(Cl)cc1NC1CCC2CCCCC2C1. The Kier molecular flexibility index (Phi) is 5.00. The fourth-order valence-electron chi connectivity index (χ4n) is 4.10. The van der Waals surface area contributed by atoms with Crippen LogP contribution in [-0.4, -0.2) is 13.2 Å². The van der Waals surface area contributed by atoms with E-state index in [4.69, 9.17) is 16.3 Å². The molecule has 0 spiro atoms. The van der Waals surface area contributed by atoms with Gasteiger partial charge in [-0.15, -0.1) is 0 Å². The third-order valence-corrected chi connectivity index (χ3v) is 5.92. The zero-order chi connectivity index (χ0) is 14.8. The van der Waals surface area contributed by atoms with Gasteiger partial charge in [0.2, 0.25) is 0 Å². The summed E-state index contributed by atoms with van der Waals surface area (Å²) in [7, 11) is 1.71. The monoisotopic (exact) mass is 371 g/mol. The smallest absolute Gasteiger partial charge is 0.156 e. The number of benzene rings is 1. The van der Waals surface area contributed by atoms with E-state index in [0.717, 1.165) is 32.8 Å². The minimum atomic E-state index is 0.545. The fraction of sp³-hybridized carbons (Fsp3) is 0.647. The minimum Gasteiger partial charge on any atom is -0.493 e. The van der Waals surface area contributed by atoms with Crippen molar-refractivity contribution in [3.05, 3.63) is 21.6 Å². The summed E-state index contributed by atoms with van der Waals surface area (Å²) in [6.45, 7) is 0. The van der Waals surface area contributed by atoms with E-state index >= 15 is 0 Å². The zero-order valence-electron chi connectivity index (χ0n) is 12.5. The Hall–Kier alpha value is -0.410. The maximum atomic E-state index is 6.18. The van der Waals surface area contributed by atoms with Gasteiger partial charge in [-0.25, -0.2) is 0 Å². The van der Waals surface area contributed by atoms with Crippen molar-refractivity contribution in [2.24, 2.45) is 11.8 Å². The van der Waals surface area contributed by atoms with E-state index in [1.165, 1.54) is 44.9 Å². The quantitative estimate of drug-likeness (QED) is 0.715. The standard InChI is InChI=1S/C17H23BrClNO/c1-21-17-15(18)9-13(19)10-16(17)20-14-7-6-11-4-2-3-5-12(11)8-14/h9-12,14,20H,2-8H2,1H3. The second-order valence-electron chi connectivity index (χ2n) is 6.43.